The number of nitrogens with one attached hydrogen (secondary N) is 2. The number of carbonyl (C=O) groups excluding carboxylic acids is 5. The van der Waals surface area contributed by atoms with Gasteiger partial charge in [-0.25, -0.2) is 0 Å². The third kappa shape index (κ3) is 7.78. The molecule has 6 N–H and O–H groups in total. The van der Waals surface area contributed by atoms with E-state index in [1.807, 2.05) is 44.2 Å². The maximum absolute atomic E-state index is 13.6. The second-order valence-electron chi connectivity index (χ2n) is 11.0. The van der Waals surface area contributed by atoms with Crippen molar-refractivity contribution in [2.45, 2.75) is 89.5 Å². The molecule has 5 atom stereocenters. The Balaban J connectivity index is 1.69. The molecule has 5 amide bonds. The van der Waals surface area contributed by atoms with Crippen LogP contribution in [0.25, 0.3) is 0 Å². The van der Waals surface area contributed by atoms with Crippen LogP contribution in [-0.4, -0.2) is 82.6 Å². The maximum Gasteiger partial charge on any atom is 0.245 e. The highest BCUT2D eigenvalue weighted by Gasteiger charge is 2.41. The Morgan fingerprint density at radius 1 is 0.872 bits per heavy atom. The van der Waals surface area contributed by atoms with Crippen molar-refractivity contribution < 1.29 is 24.0 Å². The second-order valence-corrected chi connectivity index (χ2v) is 11.0. The third-order valence-corrected chi connectivity index (χ3v) is 7.40. The fourth-order valence-corrected chi connectivity index (χ4v) is 5.32. The molecule has 0 unspecified atom stereocenters. The standard InChI is InChI=1S/C28H42N6O5/c1-17(2)15-21(28(39)34-14-8-11-22(34)25(36)31-18(3)24(30)35)32-26(37)23-12-7-13-33(23)27(38)20(29)16-19-9-5-4-6-10-19/h4-6,9-10,17-18,20-23H,7-8,11-16,29H2,1-3H3,(H2,30,35)(H,31,36)(H,32,37)/t18-,20-,21-,22-,23-/m0/s1. The summed E-state index contributed by atoms with van der Waals surface area (Å²) in [5.41, 5.74) is 12.4. The summed E-state index contributed by atoms with van der Waals surface area (Å²) in [5, 5.41) is 5.46. The van der Waals surface area contributed by atoms with Gasteiger partial charge >= 0.3 is 0 Å². The molecule has 0 aliphatic carbocycles. The normalized spacial score (nSPS) is 21.4. The Hall–Kier alpha value is -3.47. The van der Waals surface area contributed by atoms with Crippen molar-refractivity contribution in [1.29, 1.82) is 0 Å². The average molecular weight is 543 g/mol. The Kier molecular flexibility index (Phi) is 10.4. The zero-order chi connectivity index (χ0) is 28.7. The van der Waals surface area contributed by atoms with Gasteiger partial charge in [-0.2, -0.15) is 0 Å². The summed E-state index contributed by atoms with van der Waals surface area (Å²) in [7, 11) is 0. The summed E-state index contributed by atoms with van der Waals surface area (Å²) >= 11 is 0. The van der Waals surface area contributed by atoms with Crippen molar-refractivity contribution in [3.63, 3.8) is 0 Å². The Labute approximate surface area is 230 Å². The molecule has 2 fully saturated rings. The molecule has 1 aromatic rings. The number of amides is 5. The lowest BCUT2D eigenvalue weighted by Crippen LogP contribution is -2.58. The molecular weight excluding hydrogens is 500 g/mol. The predicted molar refractivity (Wildman–Crippen MR) is 146 cm³/mol. The number of rotatable bonds is 11. The van der Waals surface area contributed by atoms with E-state index in [1.54, 1.807) is 0 Å². The van der Waals surface area contributed by atoms with Crippen LogP contribution in [0.4, 0.5) is 0 Å². The highest BCUT2D eigenvalue weighted by Crippen LogP contribution is 2.23. The van der Waals surface area contributed by atoms with Gasteiger partial charge in [-0.3, -0.25) is 24.0 Å². The summed E-state index contributed by atoms with van der Waals surface area (Å²) in [5.74, 6) is -2.05. The van der Waals surface area contributed by atoms with E-state index in [-0.39, 0.29) is 17.7 Å². The van der Waals surface area contributed by atoms with Crippen LogP contribution in [-0.2, 0) is 30.4 Å². The number of likely N-dealkylation sites (tertiary alicyclic amines) is 2. The molecule has 0 bridgehead atoms. The van der Waals surface area contributed by atoms with Crippen LogP contribution in [0.1, 0.15) is 58.4 Å². The quantitative estimate of drug-likeness (QED) is 0.308. The maximum atomic E-state index is 13.6. The van der Waals surface area contributed by atoms with E-state index in [9.17, 15) is 24.0 Å². The van der Waals surface area contributed by atoms with Crippen molar-refractivity contribution in [2.75, 3.05) is 13.1 Å². The number of carbonyl (C=O) groups is 5. The number of hydrogen-bond donors (Lipinski definition) is 4. The van der Waals surface area contributed by atoms with E-state index in [0.29, 0.717) is 51.6 Å². The monoisotopic (exact) mass is 542 g/mol. The Morgan fingerprint density at radius 2 is 1.41 bits per heavy atom. The first kappa shape index (κ1) is 30.1. The highest BCUT2D eigenvalue weighted by atomic mass is 16.2. The molecule has 3 rings (SSSR count). The fraction of sp³-hybridized carbons (Fsp3) is 0.607. The van der Waals surface area contributed by atoms with E-state index in [2.05, 4.69) is 10.6 Å². The first-order valence-corrected chi connectivity index (χ1v) is 13.8. The average Bonchev–Trinajstić information content (AvgIpc) is 3.58. The molecule has 2 saturated heterocycles. The summed E-state index contributed by atoms with van der Waals surface area (Å²) in [6.45, 7) is 6.18. The molecule has 214 valence electrons. The number of benzene rings is 1. The molecule has 0 radical (unpaired) electrons. The van der Waals surface area contributed by atoms with Crippen LogP contribution in [0.3, 0.4) is 0 Å². The van der Waals surface area contributed by atoms with Gasteiger partial charge in [0.15, 0.2) is 0 Å². The van der Waals surface area contributed by atoms with Gasteiger partial charge in [-0.05, 0) is 56.9 Å². The summed E-state index contributed by atoms with van der Waals surface area (Å²) in [6, 6.07) is 5.53. The van der Waals surface area contributed by atoms with Gasteiger partial charge in [0.25, 0.3) is 0 Å². The Bertz CT molecular complexity index is 1050. The van der Waals surface area contributed by atoms with Gasteiger partial charge in [0, 0.05) is 13.1 Å². The SMILES string of the molecule is CC(C)C[C@H](NC(=O)[C@@H]1CCCN1C(=O)[C@@H](N)Cc1ccccc1)C(=O)N1CCC[C@H]1C(=O)N[C@@H](C)C(N)=O. The van der Waals surface area contributed by atoms with Crippen molar-refractivity contribution in [3.05, 3.63) is 35.9 Å². The van der Waals surface area contributed by atoms with E-state index < -0.39 is 47.9 Å². The van der Waals surface area contributed by atoms with Gasteiger partial charge in [0.05, 0.1) is 6.04 Å². The molecular formula is C28H42N6O5. The summed E-state index contributed by atoms with van der Waals surface area (Å²) < 4.78 is 0. The summed E-state index contributed by atoms with van der Waals surface area (Å²) in [6.07, 6.45) is 2.97. The van der Waals surface area contributed by atoms with Crippen LogP contribution >= 0.6 is 0 Å². The van der Waals surface area contributed by atoms with Crippen LogP contribution in [0.15, 0.2) is 30.3 Å². The van der Waals surface area contributed by atoms with Crippen LogP contribution in [0, 0.1) is 5.92 Å². The third-order valence-electron chi connectivity index (χ3n) is 7.40. The van der Waals surface area contributed by atoms with Gasteiger partial charge in [0.2, 0.25) is 29.5 Å². The van der Waals surface area contributed by atoms with Crippen LogP contribution < -0.4 is 22.1 Å². The molecule has 2 aliphatic rings. The van der Waals surface area contributed by atoms with E-state index >= 15 is 0 Å². The number of nitrogens with zero attached hydrogens (tertiary/aromatic N) is 2. The minimum Gasteiger partial charge on any atom is -0.368 e. The fourth-order valence-electron chi connectivity index (χ4n) is 5.32. The summed E-state index contributed by atoms with van der Waals surface area (Å²) in [4.78, 5) is 67.5. The lowest BCUT2D eigenvalue weighted by atomic mass is 10.0. The molecule has 0 saturated carbocycles. The largest absolute Gasteiger partial charge is 0.368 e. The van der Waals surface area contributed by atoms with Crippen molar-refractivity contribution in [2.24, 2.45) is 17.4 Å². The minimum absolute atomic E-state index is 0.0876. The molecule has 2 aliphatic heterocycles. The highest BCUT2D eigenvalue weighted by molar-refractivity contribution is 5.96. The van der Waals surface area contributed by atoms with E-state index in [4.69, 9.17) is 11.5 Å². The van der Waals surface area contributed by atoms with Crippen molar-refractivity contribution in [1.82, 2.24) is 20.4 Å². The van der Waals surface area contributed by atoms with Gasteiger partial charge < -0.3 is 31.9 Å². The van der Waals surface area contributed by atoms with Crippen molar-refractivity contribution in [3.8, 4) is 0 Å². The number of primary amides is 1. The zero-order valence-electron chi connectivity index (χ0n) is 23.1. The van der Waals surface area contributed by atoms with Gasteiger partial charge in [0.1, 0.15) is 24.2 Å². The van der Waals surface area contributed by atoms with E-state index in [0.717, 1.165) is 5.56 Å². The molecule has 2 heterocycles. The van der Waals surface area contributed by atoms with Gasteiger partial charge in [-0.15, -0.1) is 0 Å². The predicted octanol–water partition coefficient (Wildman–Crippen LogP) is 0.0593. The molecule has 0 spiro atoms. The smallest absolute Gasteiger partial charge is 0.245 e. The van der Waals surface area contributed by atoms with Crippen molar-refractivity contribution >= 4 is 29.5 Å². The first-order valence-electron chi connectivity index (χ1n) is 13.8. The van der Waals surface area contributed by atoms with Crippen LogP contribution in [0.2, 0.25) is 0 Å². The van der Waals surface area contributed by atoms with Gasteiger partial charge in [-0.1, -0.05) is 44.2 Å². The molecule has 0 aromatic heterocycles. The second kappa shape index (κ2) is 13.5. The molecule has 1 aromatic carbocycles. The van der Waals surface area contributed by atoms with Crippen LogP contribution in [0.5, 0.6) is 0 Å². The molecule has 11 nitrogen and oxygen atoms in total. The zero-order valence-corrected chi connectivity index (χ0v) is 23.1. The minimum atomic E-state index is -0.861. The number of hydrogen-bond acceptors (Lipinski definition) is 6. The topological polar surface area (TPSA) is 168 Å². The lowest BCUT2D eigenvalue weighted by Gasteiger charge is -2.32. The molecule has 11 heteroatoms. The molecule has 39 heavy (non-hydrogen) atoms. The van der Waals surface area contributed by atoms with E-state index in [1.165, 1.54) is 16.7 Å². The number of nitrogens with two attached hydrogens (primary N) is 2. The lowest BCUT2D eigenvalue weighted by molar-refractivity contribution is -0.144. The first-order chi connectivity index (χ1) is 18.5. The Morgan fingerprint density at radius 3 is 1.95 bits per heavy atom.